The molecule has 7 heteroatoms. The van der Waals surface area contributed by atoms with Gasteiger partial charge < -0.3 is 0 Å². The zero-order valence-corrected chi connectivity index (χ0v) is 15.0. The van der Waals surface area contributed by atoms with Gasteiger partial charge in [0.25, 0.3) is 11.6 Å². The minimum atomic E-state index is -0.556. The molecule has 0 aliphatic carbocycles. The number of rotatable bonds is 6. The van der Waals surface area contributed by atoms with Crippen LogP contribution in [0, 0.1) is 10.1 Å². The monoisotopic (exact) mass is 381 g/mol. The Balaban J connectivity index is 1.85. The standard InChI is InChI=1S/C20H16ClN3O3/c21-19-13-17(24(26)27)11-12-18(19)20(25)22-23(16-9-5-2-6-10-16)14-15-7-3-1-4-8-15/h1-13H,14H2,(H,22,25). The van der Waals surface area contributed by atoms with Crippen LogP contribution in [0.4, 0.5) is 11.4 Å². The fraction of sp³-hybridized carbons (Fsp3) is 0.0500. The molecule has 0 spiro atoms. The fourth-order valence-electron chi connectivity index (χ4n) is 2.55. The van der Waals surface area contributed by atoms with E-state index in [4.69, 9.17) is 11.6 Å². The highest BCUT2D eigenvalue weighted by Crippen LogP contribution is 2.23. The second-order valence-corrected chi connectivity index (χ2v) is 6.18. The largest absolute Gasteiger partial charge is 0.281 e. The van der Waals surface area contributed by atoms with Crippen molar-refractivity contribution in [2.24, 2.45) is 0 Å². The summed E-state index contributed by atoms with van der Waals surface area (Å²) in [5, 5.41) is 12.6. The zero-order chi connectivity index (χ0) is 19.2. The van der Waals surface area contributed by atoms with Crippen molar-refractivity contribution < 1.29 is 9.72 Å². The lowest BCUT2D eigenvalue weighted by Gasteiger charge is -2.25. The van der Waals surface area contributed by atoms with E-state index < -0.39 is 10.8 Å². The van der Waals surface area contributed by atoms with Crippen LogP contribution in [0.2, 0.25) is 5.02 Å². The number of carbonyl (C=O) groups is 1. The summed E-state index contributed by atoms with van der Waals surface area (Å²) in [6.45, 7) is 0.446. The van der Waals surface area contributed by atoms with E-state index in [1.807, 2.05) is 60.7 Å². The van der Waals surface area contributed by atoms with E-state index in [2.05, 4.69) is 5.43 Å². The van der Waals surface area contributed by atoms with Crippen LogP contribution in [-0.4, -0.2) is 10.8 Å². The number of hydrogen-bond acceptors (Lipinski definition) is 4. The van der Waals surface area contributed by atoms with Crippen molar-refractivity contribution in [3.8, 4) is 0 Å². The van der Waals surface area contributed by atoms with Crippen LogP contribution in [0.5, 0.6) is 0 Å². The first-order valence-electron chi connectivity index (χ1n) is 8.16. The van der Waals surface area contributed by atoms with Gasteiger partial charge in [0.1, 0.15) is 0 Å². The number of non-ortho nitro benzene ring substituents is 1. The van der Waals surface area contributed by atoms with E-state index in [-0.39, 0.29) is 16.3 Å². The average molecular weight is 382 g/mol. The van der Waals surface area contributed by atoms with Crippen LogP contribution < -0.4 is 10.4 Å². The first-order chi connectivity index (χ1) is 13.0. The number of nitrogens with zero attached hydrogens (tertiary/aromatic N) is 2. The van der Waals surface area contributed by atoms with E-state index in [0.717, 1.165) is 11.3 Å². The molecule has 0 saturated carbocycles. The maximum atomic E-state index is 12.7. The number of para-hydroxylation sites is 1. The van der Waals surface area contributed by atoms with Gasteiger partial charge in [-0.05, 0) is 23.8 Å². The third kappa shape index (κ3) is 4.62. The summed E-state index contributed by atoms with van der Waals surface area (Å²) in [6.07, 6.45) is 0. The molecule has 0 heterocycles. The van der Waals surface area contributed by atoms with Gasteiger partial charge in [-0.2, -0.15) is 0 Å². The number of nitrogens with one attached hydrogen (secondary N) is 1. The lowest BCUT2D eigenvalue weighted by molar-refractivity contribution is -0.384. The molecule has 3 aromatic rings. The van der Waals surface area contributed by atoms with Gasteiger partial charge in [-0.15, -0.1) is 0 Å². The molecule has 1 N–H and O–H groups in total. The molecule has 0 aromatic heterocycles. The fourth-order valence-corrected chi connectivity index (χ4v) is 2.81. The Hall–Kier alpha value is -3.38. The SMILES string of the molecule is O=C(NN(Cc1ccccc1)c1ccccc1)c1ccc([N+](=O)[O-])cc1Cl. The lowest BCUT2D eigenvalue weighted by atomic mass is 10.2. The number of nitro benzene ring substituents is 1. The molecule has 0 aliphatic rings. The summed E-state index contributed by atoms with van der Waals surface area (Å²) in [7, 11) is 0. The number of hydrazine groups is 1. The molecule has 0 atom stereocenters. The second-order valence-electron chi connectivity index (χ2n) is 5.77. The van der Waals surface area contributed by atoms with E-state index >= 15 is 0 Å². The molecule has 3 aromatic carbocycles. The van der Waals surface area contributed by atoms with Crippen molar-refractivity contribution >= 4 is 28.9 Å². The number of amides is 1. The van der Waals surface area contributed by atoms with Crippen molar-refractivity contribution in [3.05, 3.63) is 105 Å². The number of halogens is 1. The van der Waals surface area contributed by atoms with Crippen molar-refractivity contribution in [1.82, 2.24) is 5.43 Å². The molecule has 0 radical (unpaired) electrons. The molecule has 136 valence electrons. The average Bonchev–Trinajstić information content (AvgIpc) is 2.68. The lowest BCUT2D eigenvalue weighted by Crippen LogP contribution is -2.42. The Kier molecular flexibility index (Phi) is 5.68. The minimum Gasteiger partial charge on any atom is -0.281 e. The van der Waals surface area contributed by atoms with E-state index in [1.165, 1.54) is 18.2 Å². The van der Waals surface area contributed by atoms with Crippen LogP contribution in [0.1, 0.15) is 15.9 Å². The molecule has 3 rings (SSSR count). The predicted molar refractivity (Wildman–Crippen MR) is 105 cm³/mol. The van der Waals surface area contributed by atoms with Crippen LogP contribution in [0.3, 0.4) is 0 Å². The zero-order valence-electron chi connectivity index (χ0n) is 14.2. The predicted octanol–water partition coefficient (Wildman–Crippen LogP) is 4.60. The third-order valence-electron chi connectivity index (χ3n) is 3.90. The van der Waals surface area contributed by atoms with Gasteiger partial charge in [0.2, 0.25) is 0 Å². The van der Waals surface area contributed by atoms with Crippen LogP contribution in [0.25, 0.3) is 0 Å². The Morgan fingerprint density at radius 1 is 1.00 bits per heavy atom. The first kappa shape index (κ1) is 18.4. The van der Waals surface area contributed by atoms with Crippen LogP contribution >= 0.6 is 11.6 Å². The molecule has 6 nitrogen and oxygen atoms in total. The number of anilines is 1. The molecular weight excluding hydrogens is 366 g/mol. The molecular formula is C20H16ClN3O3. The molecule has 0 aliphatic heterocycles. The molecule has 27 heavy (non-hydrogen) atoms. The molecule has 0 saturated heterocycles. The highest BCUT2D eigenvalue weighted by Gasteiger charge is 2.18. The number of benzene rings is 3. The summed E-state index contributed by atoms with van der Waals surface area (Å²) in [5.41, 5.74) is 4.63. The van der Waals surface area contributed by atoms with E-state index in [1.54, 1.807) is 5.01 Å². The Labute approximate surface area is 161 Å². The van der Waals surface area contributed by atoms with Gasteiger partial charge in [-0.25, -0.2) is 0 Å². The summed E-state index contributed by atoms with van der Waals surface area (Å²) < 4.78 is 0. The topological polar surface area (TPSA) is 75.5 Å². The van der Waals surface area contributed by atoms with Crippen molar-refractivity contribution in [2.75, 3.05) is 5.01 Å². The summed E-state index contributed by atoms with van der Waals surface area (Å²) in [5.74, 6) is -0.449. The Morgan fingerprint density at radius 2 is 1.63 bits per heavy atom. The number of hydrogen-bond donors (Lipinski definition) is 1. The quantitative estimate of drug-likeness (QED) is 0.500. The smallest absolute Gasteiger partial charge is 0.271 e. The summed E-state index contributed by atoms with van der Waals surface area (Å²) >= 11 is 6.07. The van der Waals surface area contributed by atoms with Crippen molar-refractivity contribution in [1.29, 1.82) is 0 Å². The van der Waals surface area contributed by atoms with Gasteiger partial charge >= 0.3 is 0 Å². The molecule has 0 bridgehead atoms. The molecule has 1 amide bonds. The van der Waals surface area contributed by atoms with Crippen LogP contribution in [0.15, 0.2) is 78.9 Å². The normalized spacial score (nSPS) is 10.3. The van der Waals surface area contributed by atoms with Gasteiger partial charge in [0, 0.05) is 12.1 Å². The Bertz CT molecular complexity index is 949. The van der Waals surface area contributed by atoms with Gasteiger partial charge in [-0.3, -0.25) is 25.3 Å². The van der Waals surface area contributed by atoms with Gasteiger partial charge in [0.15, 0.2) is 0 Å². The number of nitro groups is 1. The highest BCUT2D eigenvalue weighted by atomic mass is 35.5. The first-order valence-corrected chi connectivity index (χ1v) is 8.54. The highest BCUT2D eigenvalue weighted by molar-refractivity contribution is 6.34. The van der Waals surface area contributed by atoms with Crippen LogP contribution in [-0.2, 0) is 6.54 Å². The van der Waals surface area contributed by atoms with Gasteiger partial charge in [-0.1, -0.05) is 60.1 Å². The van der Waals surface area contributed by atoms with E-state index in [0.29, 0.717) is 6.54 Å². The summed E-state index contributed by atoms with van der Waals surface area (Å²) in [6, 6.07) is 22.8. The van der Waals surface area contributed by atoms with Crippen molar-refractivity contribution in [3.63, 3.8) is 0 Å². The molecule has 0 fully saturated rings. The van der Waals surface area contributed by atoms with Gasteiger partial charge in [0.05, 0.1) is 27.7 Å². The van der Waals surface area contributed by atoms with E-state index in [9.17, 15) is 14.9 Å². The van der Waals surface area contributed by atoms with Crippen molar-refractivity contribution in [2.45, 2.75) is 6.54 Å². The summed E-state index contributed by atoms with van der Waals surface area (Å²) in [4.78, 5) is 23.0. The second kappa shape index (κ2) is 8.33. The maximum Gasteiger partial charge on any atom is 0.271 e. The third-order valence-corrected chi connectivity index (χ3v) is 4.21. The maximum absolute atomic E-state index is 12.7. The minimum absolute atomic E-state index is 0.0226. The Morgan fingerprint density at radius 3 is 2.22 bits per heavy atom. The number of carbonyl (C=O) groups excluding carboxylic acids is 1. The molecule has 0 unspecified atom stereocenters.